The summed E-state index contributed by atoms with van der Waals surface area (Å²) in [4.78, 5) is 22.9. The van der Waals surface area contributed by atoms with Crippen molar-refractivity contribution in [2.75, 3.05) is 0 Å². The van der Waals surface area contributed by atoms with Gasteiger partial charge in [-0.05, 0) is 25.7 Å². The van der Waals surface area contributed by atoms with Gasteiger partial charge in [0.1, 0.15) is 5.82 Å². The number of nitrogens with zero attached hydrogens (tertiary/aromatic N) is 3. The fraction of sp³-hybridized carbons (Fsp3) is 0.750. The number of nitrogens with one attached hydrogen (secondary N) is 1. The number of carbonyl (C=O) groups excluding carboxylic acids is 1. The molecule has 0 atom stereocenters. The van der Waals surface area contributed by atoms with Gasteiger partial charge in [-0.3, -0.25) is 14.8 Å². The van der Waals surface area contributed by atoms with Crippen molar-refractivity contribution >= 4 is 5.91 Å². The fourth-order valence-corrected chi connectivity index (χ4v) is 2.39. The van der Waals surface area contributed by atoms with Crippen LogP contribution in [0.15, 0.2) is 4.79 Å². The van der Waals surface area contributed by atoms with Crippen LogP contribution in [0.3, 0.4) is 0 Å². The third kappa shape index (κ3) is 3.44. The largest absolute Gasteiger partial charge is 0.345 e. The standard InChI is InChI=1S/C12H21N5O2/c13-14-11(18)7-2-1-4-9-17-12(19)16-8-5-3-6-10(16)15-17/h1-9,13H2,(H,14,18). The van der Waals surface area contributed by atoms with Crippen molar-refractivity contribution in [3.8, 4) is 0 Å². The molecule has 7 heteroatoms. The van der Waals surface area contributed by atoms with Crippen LogP contribution < -0.4 is 17.0 Å². The van der Waals surface area contributed by atoms with Crippen LogP contribution in [0, 0.1) is 0 Å². The number of nitrogens with two attached hydrogens (primary N) is 1. The Morgan fingerprint density at radius 3 is 2.89 bits per heavy atom. The third-order valence-corrected chi connectivity index (χ3v) is 3.47. The number of rotatable bonds is 6. The molecule has 2 rings (SSSR count). The Morgan fingerprint density at radius 1 is 1.32 bits per heavy atom. The number of amides is 1. The number of hydrogen-bond donors (Lipinski definition) is 2. The van der Waals surface area contributed by atoms with Crippen LogP contribution in [-0.2, 0) is 24.3 Å². The molecule has 0 unspecified atom stereocenters. The zero-order valence-corrected chi connectivity index (χ0v) is 11.1. The van der Waals surface area contributed by atoms with Crippen molar-refractivity contribution in [3.63, 3.8) is 0 Å². The first-order valence-electron chi connectivity index (χ1n) is 6.88. The molecule has 1 aliphatic heterocycles. The van der Waals surface area contributed by atoms with Gasteiger partial charge in [0.2, 0.25) is 5.91 Å². The van der Waals surface area contributed by atoms with Crippen LogP contribution in [0.25, 0.3) is 0 Å². The molecule has 1 aromatic heterocycles. The smallest absolute Gasteiger partial charge is 0.294 e. The topological polar surface area (TPSA) is 94.9 Å². The second kappa shape index (κ2) is 6.51. The summed E-state index contributed by atoms with van der Waals surface area (Å²) in [5, 5.41) is 4.37. The summed E-state index contributed by atoms with van der Waals surface area (Å²) in [5.74, 6) is 5.77. The number of hydrazine groups is 1. The molecule has 1 aliphatic rings. The molecule has 2 heterocycles. The number of aromatic nitrogens is 3. The Labute approximate surface area is 111 Å². The first-order chi connectivity index (χ1) is 9.22. The molecular formula is C12H21N5O2. The van der Waals surface area contributed by atoms with E-state index in [1.54, 1.807) is 9.25 Å². The highest BCUT2D eigenvalue weighted by molar-refractivity contribution is 5.74. The average molecular weight is 267 g/mol. The highest BCUT2D eigenvalue weighted by Crippen LogP contribution is 2.09. The Kier molecular flexibility index (Phi) is 4.73. The van der Waals surface area contributed by atoms with E-state index >= 15 is 0 Å². The highest BCUT2D eigenvalue weighted by Gasteiger charge is 2.15. The van der Waals surface area contributed by atoms with Gasteiger partial charge in [-0.15, -0.1) is 0 Å². The van der Waals surface area contributed by atoms with E-state index in [0.717, 1.165) is 50.9 Å². The maximum atomic E-state index is 12.0. The normalized spacial score (nSPS) is 14.2. The molecular weight excluding hydrogens is 246 g/mol. The zero-order valence-electron chi connectivity index (χ0n) is 11.1. The summed E-state index contributed by atoms with van der Waals surface area (Å²) in [5.41, 5.74) is 2.11. The van der Waals surface area contributed by atoms with Crippen molar-refractivity contribution in [1.82, 2.24) is 19.8 Å². The summed E-state index contributed by atoms with van der Waals surface area (Å²) in [7, 11) is 0. The van der Waals surface area contributed by atoms with E-state index in [1.807, 2.05) is 0 Å². The summed E-state index contributed by atoms with van der Waals surface area (Å²) in [6.07, 6.45) is 6.04. The van der Waals surface area contributed by atoms with Gasteiger partial charge >= 0.3 is 5.69 Å². The maximum Gasteiger partial charge on any atom is 0.345 e. The number of unbranched alkanes of at least 4 members (excludes halogenated alkanes) is 2. The molecule has 1 amide bonds. The minimum Gasteiger partial charge on any atom is -0.294 e. The van der Waals surface area contributed by atoms with E-state index < -0.39 is 0 Å². The molecule has 0 bridgehead atoms. The van der Waals surface area contributed by atoms with E-state index in [9.17, 15) is 9.59 Å². The number of aryl methyl sites for hydroxylation is 2. The lowest BCUT2D eigenvalue weighted by molar-refractivity contribution is -0.121. The quantitative estimate of drug-likeness (QED) is 0.326. The SMILES string of the molecule is NNC(=O)CCCCCn1nc2n(c1=O)CCCC2. The predicted octanol–water partition coefficient (Wildman–Crippen LogP) is -0.0686. The van der Waals surface area contributed by atoms with Crippen LogP contribution in [-0.4, -0.2) is 20.3 Å². The molecule has 0 aliphatic carbocycles. The second-order valence-electron chi connectivity index (χ2n) is 4.91. The first kappa shape index (κ1) is 13.8. The van der Waals surface area contributed by atoms with Crippen LogP contribution >= 0.6 is 0 Å². The molecule has 0 radical (unpaired) electrons. The predicted molar refractivity (Wildman–Crippen MR) is 70.2 cm³/mol. The van der Waals surface area contributed by atoms with E-state index in [4.69, 9.17) is 5.84 Å². The zero-order chi connectivity index (χ0) is 13.7. The second-order valence-corrected chi connectivity index (χ2v) is 4.91. The lowest BCUT2D eigenvalue weighted by Crippen LogP contribution is -2.29. The molecule has 106 valence electrons. The molecule has 0 spiro atoms. The lowest BCUT2D eigenvalue weighted by atomic mass is 10.2. The van der Waals surface area contributed by atoms with Crippen LogP contribution in [0.4, 0.5) is 0 Å². The van der Waals surface area contributed by atoms with E-state index in [2.05, 4.69) is 10.5 Å². The monoisotopic (exact) mass is 267 g/mol. The van der Waals surface area contributed by atoms with Gasteiger partial charge in [0.05, 0.1) is 0 Å². The lowest BCUT2D eigenvalue weighted by Gasteiger charge is -2.09. The summed E-state index contributed by atoms with van der Waals surface area (Å²) < 4.78 is 3.34. The average Bonchev–Trinajstić information content (AvgIpc) is 2.75. The van der Waals surface area contributed by atoms with Crippen LogP contribution in [0.2, 0.25) is 0 Å². The Bertz CT molecular complexity index is 491. The van der Waals surface area contributed by atoms with Gasteiger partial charge < -0.3 is 0 Å². The van der Waals surface area contributed by atoms with Gasteiger partial charge in [-0.1, -0.05) is 6.42 Å². The van der Waals surface area contributed by atoms with E-state index in [1.165, 1.54) is 0 Å². The summed E-state index contributed by atoms with van der Waals surface area (Å²) >= 11 is 0. The molecule has 19 heavy (non-hydrogen) atoms. The van der Waals surface area contributed by atoms with Gasteiger partial charge in [-0.25, -0.2) is 15.3 Å². The minimum atomic E-state index is -0.144. The van der Waals surface area contributed by atoms with Crippen molar-refractivity contribution in [1.29, 1.82) is 0 Å². The summed E-state index contributed by atoms with van der Waals surface area (Å²) in [6, 6.07) is 0. The number of hydrogen-bond acceptors (Lipinski definition) is 4. The number of carbonyl (C=O) groups is 1. The molecule has 0 fully saturated rings. The fourth-order valence-electron chi connectivity index (χ4n) is 2.39. The molecule has 3 N–H and O–H groups in total. The van der Waals surface area contributed by atoms with Crippen LogP contribution in [0.5, 0.6) is 0 Å². The van der Waals surface area contributed by atoms with Crippen molar-refractivity contribution in [2.45, 2.75) is 58.0 Å². The van der Waals surface area contributed by atoms with Gasteiger partial charge in [0.25, 0.3) is 0 Å². The molecule has 1 aromatic rings. The molecule has 0 saturated heterocycles. The highest BCUT2D eigenvalue weighted by atomic mass is 16.2. The van der Waals surface area contributed by atoms with E-state index in [-0.39, 0.29) is 11.6 Å². The van der Waals surface area contributed by atoms with Gasteiger partial charge in [0, 0.05) is 25.9 Å². The molecule has 0 aromatic carbocycles. The Morgan fingerprint density at radius 2 is 2.16 bits per heavy atom. The van der Waals surface area contributed by atoms with Gasteiger partial charge in [-0.2, -0.15) is 5.10 Å². The van der Waals surface area contributed by atoms with Crippen molar-refractivity contribution < 1.29 is 4.79 Å². The van der Waals surface area contributed by atoms with Crippen LogP contribution in [0.1, 0.15) is 44.3 Å². The first-order valence-corrected chi connectivity index (χ1v) is 6.88. The van der Waals surface area contributed by atoms with Crippen molar-refractivity contribution in [3.05, 3.63) is 16.3 Å². The molecule has 0 saturated carbocycles. The number of fused-ring (bicyclic) bond motifs is 1. The Hall–Kier alpha value is -1.63. The molecule has 7 nitrogen and oxygen atoms in total. The maximum absolute atomic E-state index is 12.0. The third-order valence-electron chi connectivity index (χ3n) is 3.47. The van der Waals surface area contributed by atoms with Gasteiger partial charge in [0.15, 0.2) is 0 Å². The van der Waals surface area contributed by atoms with Crippen molar-refractivity contribution in [2.24, 2.45) is 5.84 Å². The Balaban J connectivity index is 1.79. The van der Waals surface area contributed by atoms with E-state index in [0.29, 0.717) is 13.0 Å². The summed E-state index contributed by atoms with van der Waals surface area (Å²) in [6.45, 7) is 1.42. The minimum absolute atomic E-state index is 0.00870.